The van der Waals surface area contributed by atoms with Crippen LogP contribution in [0.2, 0.25) is 0 Å². The van der Waals surface area contributed by atoms with Crippen molar-refractivity contribution in [3.8, 4) is 5.75 Å². The molecule has 142 valence electrons. The van der Waals surface area contributed by atoms with E-state index in [-0.39, 0.29) is 6.61 Å². The maximum atomic E-state index is 5.64. The van der Waals surface area contributed by atoms with E-state index in [1.54, 1.807) is 0 Å². The van der Waals surface area contributed by atoms with Gasteiger partial charge in [-0.15, -0.1) is 10.2 Å². The molecule has 0 aliphatic carbocycles. The van der Waals surface area contributed by atoms with Crippen LogP contribution in [0.4, 0.5) is 0 Å². The van der Waals surface area contributed by atoms with Crippen molar-refractivity contribution >= 4 is 11.8 Å². The van der Waals surface area contributed by atoms with Crippen LogP contribution in [0.15, 0.2) is 68.8 Å². The third-order valence-electron chi connectivity index (χ3n) is 3.87. The van der Waals surface area contributed by atoms with E-state index in [0.717, 1.165) is 11.3 Å². The van der Waals surface area contributed by atoms with Gasteiger partial charge in [-0.3, -0.25) is 0 Å². The third kappa shape index (κ3) is 4.98. The minimum Gasteiger partial charge on any atom is -0.484 e. The fraction of sp³-hybridized carbons (Fsp3) is 0.200. The molecule has 0 amide bonds. The highest BCUT2D eigenvalue weighted by atomic mass is 32.2. The normalized spacial score (nSPS) is 10.9. The molecule has 0 bridgehead atoms. The van der Waals surface area contributed by atoms with Crippen molar-refractivity contribution in [2.75, 3.05) is 0 Å². The molecule has 0 saturated carbocycles. The average Bonchev–Trinajstić information content (AvgIpc) is 3.36. The lowest BCUT2D eigenvalue weighted by Crippen LogP contribution is -1.95. The molecule has 0 saturated heterocycles. The predicted octanol–water partition coefficient (Wildman–Crippen LogP) is 4.22. The van der Waals surface area contributed by atoms with Crippen molar-refractivity contribution in [2.45, 2.75) is 30.9 Å². The van der Waals surface area contributed by atoms with Gasteiger partial charge in [-0.25, -0.2) is 0 Å². The number of hydrogen-bond acceptors (Lipinski definition) is 8. The van der Waals surface area contributed by atoms with Crippen LogP contribution in [0.25, 0.3) is 0 Å². The Hall–Kier alpha value is -3.13. The van der Waals surface area contributed by atoms with Crippen LogP contribution in [-0.4, -0.2) is 20.3 Å². The van der Waals surface area contributed by atoms with Crippen molar-refractivity contribution in [2.24, 2.45) is 0 Å². The standard InChI is InChI=1S/C20H18N4O3S/c1-14-7-9-16(10-8-14)25-12-18-22-23-20(26-18)28-13-19-21-17(24-27-19)11-15-5-3-2-4-6-15/h2-10H,11-13H2,1H3. The molecule has 4 aromatic rings. The van der Waals surface area contributed by atoms with Crippen LogP contribution in [-0.2, 0) is 18.8 Å². The summed E-state index contributed by atoms with van der Waals surface area (Å²) in [6.07, 6.45) is 0.635. The Labute approximate surface area is 166 Å². The van der Waals surface area contributed by atoms with Gasteiger partial charge < -0.3 is 13.7 Å². The third-order valence-corrected chi connectivity index (χ3v) is 4.67. The Kier molecular flexibility index (Phi) is 5.67. The molecule has 2 aromatic heterocycles. The largest absolute Gasteiger partial charge is 0.484 e. The summed E-state index contributed by atoms with van der Waals surface area (Å²) in [6, 6.07) is 17.8. The molecular weight excluding hydrogens is 376 g/mol. The summed E-state index contributed by atoms with van der Waals surface area (Å²) < 4.78 is 16.5. The summed E-state index contributed by atoms with van der Waals surface area (Å²) in [4.78, 5) is 4.40. The van der Waals surface area contributed by atoms with Gasteiger partial charge in [0.05, 0.1) is 5.75 Å². The summed E-state index contributed by atoms with van der Waals surface area (Å²) in [6.45, 7) is 2.25. The monoisotopic (exact) mass is 394 g/mol. The number of aromatic nitrogens is 4. The molecule has 0 fully saturated rings. The molecule has 0 atom stereocenters. The molecule has 0 aliphatic heterocycles. The topological polar surface area (TPSA) is 87.1 Å². The van der Waals surface area contributed by atoms with Gasteiger partial charge in [-0.1, -0.05) is 64.9 Å². The van der Waals surface area contributed by atoms with Crippen molar-refractivity contribution in [1.29, 1.82) is 0 Å². The van der Waals surface area contributed by atoms with E-state index in [1.807, 2.05) is 61.5 Å². The quantitative estimate of drug-likeness (QED) is 0.411. The van der Waals surface area contributed by atoms with E-state index in [2.05, 4.69) is 20.3 Å². The number of rotatable bonds is 8. The highest BCUT2D eigenvalue weighted by Gasteiger charge is 2.12. The van der Waals surface area contributed by atoms with E-state index in [1.165, 1.54) is 17.3 Å². The zero-order valence-corrected chi connectivity index (χ0v) is 16.1. The van der Waals surface area contributed by atoms with Crippen molar-refractivity contribution < 1.29 is 13.7 Å². The highest BCUT2D eigenvalue weighted by molar-refractivity contribution is 7.98. The van der Waals surface area contributed by atoms with Crippen molar-refractivity contribution in [3.05, 3.63) is 83.3 Å². The van der Waals surface area contributed by atoms with Gasteiger partial charge in [0.15, 0.2) is 12.4 Å². The number of ether oxygens (including phenoxy) is 1. The summed E-state index contributed by atoms with van der Waals surface area (Å²) in [5, 5.41) is 12.4. The van der Waals surface area contributed by atoms with Gasteiger partial charge in [0.2, 0.25) is 5.89 Å². The van der Waals surface area contributed by atoms with E-state index in [0.29, 0.717) is 35.0 Å². The first-order valence-corrected chi connectivity index (χ1v) is 9.73. The van der Waals surface area contributed by atoms with E-state index in [4.69, 9.17) is 13.7 Å². The maximum Gasteiger partial charge on any atom is 0.277 e. The lowest BCUT2D eigenvalue weighted by atomic mass is 10.1. The number of aryl methyl sites for hydroxylation is 1. The van der Waals surface area contributed by atoms with Crippen molar-refractivity contribution in [1.82, 2.24) is 20.3 Å². The first-order chi connectivity index (χ1) is 13.7. The first-order valence-electron chi connectivity index (χ1n) is 8.74. The molecule has 0 radical (unpaired) electrons. The zero-order chi connectivity index (χ0) is 19.2. The molecule has 0 N–H and O–H groups in total. The van der Waals surface area contributed by atoms with E-state index >= 15 is 0 Å². The summed E-state index contributed by atoms with van der Waals surface area (Å²) in [7, 11) is 0. The van der Waals surface area contributed by atoms with Crippen LogP contribution < -0.4 is 4.74 Å². The van der Waals surface area contributed by atoms with Crippen LogP contribution >= 0.6 is 11.8 Å². The fourth-order valence-corrected chi connectivity index (χ4v) is 3.07. The second-order valence-electron chi connectivity index (χ2n) is 6.12. The first kappa shape index (κ1) is 18.2. The second kappa shape index (κ2) is 8.71. The number of thioether (sulfide) groups is 1. The Bertz CT molecular complexity index is 1020. The smallest absolute Gasteiger partial charge is 0.277 e. The minimum absolute atomic E-state index is 0.221. The second-order valence-corrected chi connectivity index (χ2v) is 7.05. The van der Waals surface area contributed by atoms with Gasteiger partial charge in [0, 0.05) is 6.42 Å². The van der Waals surface area contributed by atoms with E-state index < -0.39 is 0 Å². The fourth-order valence-electron chi connectivity index (χ4n) is 2.46. The Morgan fingerprint density at radius 1 is 0.964 bits per heavy atom. The molecule has 8 heteroatoms. The Balaban J connectivity index is 1.27. The average molecular weight is 394 g/mol. The zero-order valence-electron chi connectivity index (χ0n) is 15.2. The van der Waals surface area contributed by atoms with Crippen LogP contribution in [0.5, 0.6) is 5.75 Å². The van der Waals surface area contributed by atoms with Gasteiger partial charge in [-0.2, -0.15) is 4.98 Å². The molecule has 7 nitrogen and oxygen atoms in total. The SMILES string of the molecule is Cc1ccc(OCc2nnc(SCc3nc(Cc4ccccc4)no3)o2)cc1. The van der Waals surface area contributed by atoms with Gasteiger partial charge in [0.25, 0.3) is 11.1 Å². The minimum atomic E-state index is 0.221. The Morgan fingerprint density at radius 2 is 1.79 bits per heavy atom. The molecular formula is C20H18N4O3S. The molecule has 2 aromatic carbocycles. The van der Waals surface area contributed by atoms with Crippen LogP contribution in [0, 0.1) is 6.92 Å². The van der Waals surface area contributed by atoms with Gasteiger partial charge in [-0.05, 0) is 24.6 Å². The number of nitrogens with zero attached hydrogens (tertiary/aromatic N) is 4. The van der Waals surface area contributed by atoms with Crippen molar-refractivity contribution in [3.63, 3.8) is 0 Å². The predicted molar refractivity (Wildman–Crippen MR) is 103 cm³/mol. The molecule has 2 heterocycles. The number of hydrogen-bond donors (Lipinski definition) is 0. The molecule has 0 spiro atoms. The lowest BCUT2D eigenvalue weighted by Gasteiger charge is -2.02. The molecule has 0 unspecified atom stereocenters. The lowest BCUT2D eigenvalue weighted by molar-refractivity contribution is 0.252. The van der Waals surface area contributed by atoms with Crippen LogP contribution in [0.1, 0.15) is 28.7 Å². The summed E-state index contributed by atoms with van der Waals surface area (Å²) >= 11 is 1.35. The van der Waals surface area contributed by atoms with Gasteiger partial charge in [0.1, 0.15) is 5.75 Å². The van der Waals surface area contributed by atoms with E-state index in [9.17, 15) is 0 Å². The van der Waals surface area contributed by atoms with Crippen LogP contribution in [0.3, 0.4) is 0 Å². The Morgan fingerprint density at radius 3 is 2.61 bits per heavy atom. The highest BCUT2D eigenvalue weighted by Crippen LogP contribution is 2.21. The van der Waals surface area contributed by atoms with Gasteiger partial charge >= 0.3 is 0 Å². The number of benzene rings is 2. The summed E-state index contributed by atoms with van der Waals surface area (Å²) in [5.74, 6) is 2.81. The molecule has 28 heavy (non-hydrogen) atoms. The molecule has 0 aliphatic rings. The molecule has 4 rings (SSSR count). The summed E-state index contributed by atoms with van der Waals surface area (Å²) in [5.41, 5.74) is 2.31. The maximum absolute atomic E-state index is 5.64.